The summed E-state index contributed by atoms with van der Waals surface area (Å²) >= 11 is 0. The number of aromatic nitrogens is 4. The molecule has 1 aromatic carbocycles. The smallest absolute Gasteiger partial charge is 0.247 e. The van der Waals surface area contributed by atoms with Crippen LogP contribution < -0.4 is 0 Å². The summed E-state index contributed by atoms with van der Waals surface area (Å²) in [6.07, 6.45) is 0.488. The largest absolute Gasteiger partial charge is 0.389 e. The first-order valence-electron chi connectivity index (χ1n) is 7.53. The normalized spacial score (nSPS) is 12.9. The van der Waals surface area contributed by atoms with Crippen molar-refractivity contribution < 1.29 is 9.90 Å². The van der Waals surface area contributed by atoms with Crippen LogP contribution in [0, 0.1) is 6.92 Å². The Hall–Kier alpha value is -2.28. The van der Waals surface area contributed by atoms with Gasteiger partial charge in [-0.25, -0.2) is 4.68 Å². The quantitative estimate of drug-likeness (QED) is 0.859. The molecule has 0 aliphatic heterocycles. The summed E-state index contributed by atoms with van der Waals surface area (Å²) in [5.41, 5.74) is 0.0644. The van der Waals surface area contributed by atoms with Crippen LogP contribution in [0.3, 0.4) is 0 Å². The van der Waals surface area contributed by atoms with Crippen molar-refractivity contribution in [2.75, 3.05) is 13.6 Å². The molecule has 2 aromatic rings. The van der Waals surface area contributed by atoms with E-state index in [0.29, 0.717) is 12.2 Å². The number of carbonyl (C=O) groups is 1. The van der Waals surface area contributed by atoms with Gasteiger partial charge in [0.1, 0.15) is 11.9 Å². The summed E-state index contributed by atoms with van der Waals surface area (Å²) in [6, 6.07) is 9.20. The second-order valence-corrected chi connectivity index (χ2v) is 6.38. The van der Waals surface area contributed by atoms with Crippen molar-refractivity contribution in [3.05, 3.63) is 41.7 Å². The molecule has 1 aromatic heterocycles. The molecule has 0 bridgehead atoms. The zero-order valence-electron chi connectivity index (χ0n) is 14.0. The van der Waals surface area contributed by atoms with Crippen molar-refractivity contribution in [1.82, 2.24) is 25.1 Å². The first-order chi connectivity index (χ1) is 10.8. The Morgan fingerprint density at radius 3 is 2.52 bits per heavy atom. The Bertz CT molecular complexity index is 648. The molecule has 23 heavy (non-hydrogen) atoms. The van der Waals surface area contributed by atoms with E-state index in [2.05, 4.69) is 15.5 Å². The molecule has 0 spiro atoms. The number of hydrogen-bond acceptors (Lipinski definition) is 5. The molecular weight excluding hydrogens is 294 g/mol. The molecule has 1 heterocycles. The Morgan fingerprint density at radius 1 is 1.35 bits per heavy atom. The predicted octanol–water partition coefficient (Wildman–Crippen LogP) is 0.995. The van der Waals surface area contributed by atoms with Crippen molar-refractivity contribution in [2.24, 2.45) is 0 Å². The lowest BCUT2D eigenvalue weighted by atomic mass is 10.0. The molecule has 2 rings (SSSR count). The summed E-state index contributed by atoms with van der Waals surface area (Å²) in [7, 11) is 1.68. The molecule has 0 aliphatic carbocycles. The monoisotopic (exact) mass is 317 g/mol. The molecule has 0 aliphatic rings. The summed E-state index contributed by atoms with van der Waals surface area (Å²) in [4.78, 5) is 14.4. The molecule has 1 atom stereocenters. The van der Waals surface area contributed by atoms with Gasteiger partial charge in [0.25, 0.3) is 0 Å². The Labute approximate surface area is 135 Å². The number of likely N-dealkylation sites (N-methyl/N-ethyl adjacent to an activating group) is 1. The van der Waals surface area contributed by atoms with Crippen LogP contribution in [0.2, 0.25) is 0 Å². The van der Waals surface area contributed by atoms with Crippen LogP contribution in [0.15, 0.2) is 30.3 Å². The zero-order chi connectivity index (χ0) is 17.0. The number of nitrogens with zero attached hydrogens (tertiary/aromatic N) is 5. The highest BCUT2D eigenvalue weighted by atomic mass is 16.3. The molecule has 7 heteroatoms. The van der Waals surface area contributed by atoms with Crippen molar-refractivity contribution >= 4 is 5.91 Å². The number of amides is 1. The molecule has 7 nitrogen and oxygen atoms in total. The average molecular weight is 317 g/mol. The van der Waals surface area contributed by atoms with Crippen LogP contribution in [0.4, 0.5) is 0 Å². The number of benzene rings is 1. The van der Waals surface area contributed by atoms with Gasteiger partial charge in [0, 0.05) is 20.0 Å². The Kier molecular flexibility index (Phi) is 5.10. The van der Waals surface area contributed by atoms with Gasteiger partial charge in [0.05, 0.1) is 5.60 Å². The Morgan fingerprint density at radius 2 is 2.00 bits per heavy atom. The van der Waals surface area contributed by atoms with Crippen LogP contribution in [-0.4, -0.2) is 55.3 Å². The van der Waals surface area contributed by atoms with Crippen LogP contribution in [0.5, 0.6) is 0 Å². The summed E-state index contributed by atoms with van der Waals surface area (Å²) < 4.78 is 1.54. The minimum atomic E-state index is -0.961. The standard InChI is InChI=1S/C16H23N5O2/c1-12-17-18-19-21(12)14(10-13-8-6-5-7-9-13)15(22)20(4)11-16(2,3)23/h5-9,14,23H,10-11H2,1-4H3. The van der Waals surface area contributed by atoms with E-state index in [1.165, 1.54) is 9.58 Å². The topological polar surface area (TPSA) is 84.1 Å². The molecular formula is C16H23N5O2. The number of rotatable bonds is 6. The van der Waals surface area contributed by atoms with Crippen molar-refractivity contribution in [3.8, 4) is 0 Å². The van der Waals surface area contributed by atoms with E-state index < -0.39 is 11.6 Å². The first kappa shape index (κ1) is 17.1. The molecule has 0 saturated carbocycles. The third-order valence-electron chi connectivity index (χ3n) is 3.51. The highest BCUT2D eigenvalue weighted by Crippen LogP contribution is 2.18. The van der Waals surface area contributed by atoms with Gasteiger partial charge < -0.3 is 10.0 Å². The van der Waals surface area contributed by atoms with Gasteiger partial charge >= 0.3 is 0 Å². The summed E-state index contributed by atoms with van der Waals surface area (Å²) in [6.45, 7) is 5.34. The predicted molar refractivity (Wildman–Crippen MR) is 85.7 cm³/mol. The second-order valence-electron chi connectivity index (χ2n) is 6.38. The number of tetrazole rings is 1. The lowest BCUT2D eigenvalue weighted by Crippen LogP contribution is -2.43. The summed E-state index contributed by atoms with van der Waals surface area (Å²) in [5, 5.41) is 21.4. The molecule has 1 amide bonds. The minimum Gasteiger partial charge on any atom is -0.389 e. The maximum absolute atomic E-state index is 12.9. The molecule has 0 fully saturated rings. The summed E-state index contributed by atoms with van der Waals surface area (Å²) in [5.74, 6) is 0.447. The third kappa shape index (κ3) is 4.59. The minimum absolute atomic E-state index is 0.133. The fourth-order valence-corrected chi connectivity index (χ4v) is 2.55. The fraction of sp³-hybridized carbons (Fsp3) is 0.500. The van der Waals surface area contributed by atoms with E-state index in [4.69, 9.17) is 0 Å². The maximum atomic E-state index is 12.9. The van der Waals surface area contributed by atoms with E-state index in [0.717, 1.165) is 5.56 Å². The first-order valence-corrected chi connectivity index (χ1v) is 7.53. The van der Waals surface area contributed by atoms with E-state index in [1.54, 1.807) is 27.8 Å². The van der Waals surface area contributed by atoms with Gasteiger partial charge in [-0.15, -0.1) is 5.10 Å². The second kappa shape index (κ2) is 6.87. The zero-order valence-corrected chi connectivity index (χ0v) is 14.0. The average Bonchev–Trinajstić information content (AvgIpc) is 2.89. The molecule has 1 N–H and O–H groups in total. The van der Waals surface area contributed by atoms with Crippen molar-refractivity contribution in [3.63, 3.8) is 0 Å². The highest BCUT2D eigenvalue weighted by molar-refractivity contribution is 5.80. The van der Waals surface area contributed by atoms with Crippen LogP contribution in [0.1, 0.15) is 31.3 Å². The van der Waals surface area contributed by atoms with Gasteiger partial charge in [0.15, 0.2) is 0 Å². The van der Waals surface area contributed by atoms with Gasteiger partial charge in [-0.05, 0) is 36.8 Å². The lowest BCUT2D eigenvalue weighted by Gasteiger charge is -2.29. The third-order valence-corrected chi connectivity index (χ3v) is 3.51. The van der Waals surface area contributed by atoms with Crippen molar-refractivity contribution in [1.29, 1.82) is 0 Å². The Balaban J connectivity index is 2.27. The van der Waals surface area contributed by atoms with Crippen molar-refractivity contribution in [2.45, 2.75) is 38.8 Å². The van der Waals surface area contributed by atoms with Crippen LogP contribution in [0.25, 0.3) is 0 Å². The number of hydrogen-bond donors (Lipinski definition) is 1. The van der Waals surface area contributed by atoms with Gasteiger partial charge in [-0.1, -0.05) is 30.3 Å². The van der Waals surface area contributed by atoms with Gasteiger partial charge in [-0.3, -0.25) is 4.79 Å². The van der Waals surface area contributed by atoms with Gasteiger partial charge in [-0.2, -0.15) is 0 Å². The number of aryl methyl sites for hydroxylation is 1. The fourth-order valence-electron chi connectivity index (χ4n) is 2.55. The van der Waals surface area contributed by atoms with E-state index in [9.17, 15) is 9.90 Å². The van der Waals surface area contributed by atoms with Crippen LogP contribution in [-0.2, 0) is 11.2 Å². The lowest BCUT2D eigenvalue weighted by molar-refractivity contribution is -0.136. The van der Waals surface area contributed by atoms with E-state index >= 15 is 0 Å². The number of aliphatic hydroxyl groups is 1. The van der Waals surface area contributed by atoms with E-state index in [1.807, 2.05) is 30.3 Å². The molecule has 0 saturated heterocycles. The highest BCUT2D eigenvalue weighted by Gasteiger charge is 2.29. The SMILES string of the molecule is Cc1nnnn1C(Cc1ccccc1)C(=O)N(C)CC(C)(C)O. The molecule has 1 unspecified atom stereocenters. The molecule has 0 radical (unpaired) electrons. The van der Waals surface area contributed by atoms with Gasteiger partial charge in [0.2, 0.25) is 5.91 Å². The molecule has 124 valence electrons. The number of carbonyl (C=O) groups excluding carboxylic acids is 1. The van der Waals surface area contributed by atoms with Crippen LogP contribution >= 0.6 is 0 Å². The maximum Gasteiger partial charge on any atom is 0.247 e. The van der Waals surface area contributed by atoms with E-state index in [-0.39, 0.29) is 12.5 Å².